The van der Waals surface area contributed by atoms with Crippen LogP contribution in [-0.4, -0.2) is 39.3 Å². The molecule has 6 nitrogen and oxygen atoms in total. The highest BCUT2D eigenvalue weighted by atomic mass is 35.5. The summed E-state index contributed by atoms with van der Waals surface area (Å²) in [5, 5.41) is 4.12. The van der Waals surface area contributed by atoms with Crippen LogP contribution in [0.2, 0.25) is 5.15 Å². The van der Waals surface area contributed by atoms with Crippen molar-refractivity contribution < 1.29 is 9.53 Å². The second kappa shape index (κ2) is 7.19. The Bertz CT molecular complexity index is 955. The van der Waals surface area contributed by atoms with Gasteiger partial charge in [0.1, 0.15) is 23.0 Å². The van der Waals surface area contributed by atoms with Gasteiger partial charge in [-0.1, -0.05) is 35.9 Å². The SMILES string of the molecule is O=C(Cn1nc(Cl)ccc1=O)N1CCCC2(C=Cc3ccccc3O2)CC1. The van der Waals surface area contributed by atoms with Crippen molar-refractivity contribution >= 4 is 23.6 Å². The third kappa shape index (κ3) is 3.76. The number of benzene rings is 1. The van der Waals surface area contributed by atoms with Crippen LogP contribution in [0.1, 0.15) is 24.8 Å². The maximum Gasteiger partial charge on any atom is 0.267 e. The zero-order valence-corrected chi connectivity index (χ0v) is 15.6. The molecule has 1 atom stereocenters. The third-order valence-electron chi connectivity index (χ3n) is 5.10. The van der Waals surface area contributed by atoms with Crippen LogP contribution in [0.3, 0.4) is 0 Å². The van der Waals surface area contributed by atoms with E-state index in [-0.39, 0.29) is 28.8 Å². The minimum Gasteiger partial charge on any atom is -0.483 e. The molecule has 0 saturated carbocycles. The summed E-state index contributed by atoms with van der Waals surface area (Å²) in [6, 6.07) is 10.7. The lowest BCUT2D eigenvalue weighted by Gasteiger charge is -2.34. The first-order valence-corrected chi connectivity index (χ1v) is 9.41. The molecule has 2 aromatic rings. The van der Waals surface area contributed by atoms with E-state index in [4.69, 9.17) is 16.3 Å². The van der Waals surface area contributed by atoms with Crippen LogP contribution in [0.4, 0.5) is 0 Å². The van der Waals surface area contributed by atoms with Gasteiger partial charge in [-0.25, -0.2) is 4.68 Å². The Hall–Kier alpha value is -2.60. The fourth-order valence-electron chi connectivity index (χ4n) is 3.62. The lowest BCUT2D eigenvalue weighted by molar-refractivity contribution is -0.132. The fourth-order valence-corrected chi connectivity index (χ4v) is 3.77. The van der Waals surface area contributed by atoms with Gasteiger partial charge in [-0.2, -0.15) is 5.10 Å². The Labute approximate surface area is 162 Å². The molecule has 0 aliphatic carbocycles. The van der Waals surface area contributed by atoms with Crippen molar-refractivity contribution in [1.29, 1.82) is 0 Å². The molecule has 1 saturated heterocycles. The quantitative estimate of drug-likeness (QED) is 0.797. The number of amides is 1. The zero-order valence-electron chi connectivity index (χ0n) is 14.8. The molecule has 7 heteroatoms. The molecule has 1 unspecified atom stereocenters. The van der Waals surface area contributed by atoms with E-state index in [1.165, 1.54) is 12.1 Å². The second-order valence-corrected chi connectivity index (χ2v) is 7.31. The summed E-state index contributed by atoms with van der Waals surface area (Å²) in [5.74, 6) is 0.749. The summed E-state index contributed by atoms with van der Waals surface area (Å²) >= 11 is 5.83. The number of hydrogen-bond acceptors (Lipinski definition) is 4. The fraction of sp³-hybridized carbons (Fsp3) is 0.350. The van der Waals surface area contributed by atoms with E-state index >= 15 is 0 Å². The van der Waals surface area contributed by atoms with Gasteiger partial charge in [0.05, 0.1) is 0 Å². The van der Waals surface area contributed by atoms with Gasteiger partial charge in [0.15, 0.2) is 0 Å². The molecule has 0 radical (unpaired) electrons. The third-order valence-corrected chi connectivity index (χ3v) is 5.31. The lowest BCUT2D eigenvalue weighted by Crippen LogP contribution is -2.40. The van der Waals surface area contributed by atoms with Gasteiger partial charge >= 0.3 is 0 Å². The molecule has 2 aliphatic rings. The minimum atomic E-state index is -0.380. The summed E-state index contributed by atoms with van der Waals surface area (Å²) < 4.78 is 7.42. The molecular weight excluding hydrogens is 366 g/mol. The van der Waals surface area contributed by atoms with Gasteiger partial charge in [-0.15, -0.1) is 0 Å². The Morgan fingerprint density at radius 1 is 1.19 bits per heavy atom. The molecule has 1 aromatic carbocycles. The number of rotatable bonds is 2. The van der Waals surface area contributed by atoms with Crippen LogP contribution < -0.4 is 10.3 Å². The lowest BCUT2D eigenvalue weighted by atomic mass is 9.91. The summed E-state index contributed by atoms with van der Waals surface area (Å²) in [4.78, 5) is 26.3. The van der Waals surface area contributed by atoms with E-state index in [0.717, 1.165) is 28.8 Å². The molecule has 1 amide bonds. The normalized spacial score (nSPS) is 21.4. The Balaban J connectivity index is 1.45. The van der Waals surface area contributed by atoms with Gasteiger partial charge in [-0.3, -0.25) is 9.59 Å². The molecule has 140 valence electrons. The number of carbonyl (C=O) groups excluding carboxylic acids is 1. The number of halogens is 1. The van der Waals surface area contributed by atoms with E-state index in [9.17, 15) is 9.59 Å². The van der Waals surface area contributed by atoms with Crippen molar-refractivity contribution in [3.63, 3.8) is 0 Å². The van der Waals surface area contributed by atoms with Crippen molar-refractivity contribution in [2.24, 2.45) is 0 Å². The summed E-state index contributed by atoms with van der Waals surface area (Å²) in [7, 11) is 0. The number of aromatic nitrogens is 2. The number of fused-ring (bicyclic) bond motifs is 1. The van der Waals surface area contributed by atoms with Crippen LogP contribution in [0, 0.1) is 0 Å². The van der Waals surface area contributed by atoms with Crippen molar-refractivity contribution in [2.45, 2.75) is 31.4 Å². The first kappa shape index (κ1) is 17.8. The van der Waals surface area contributed by atoms with Crippen LogP contribution >= 0.6 is 11.6 Å². The average Bonchev–Trinajstić information content (AvgIpc) is 2.87. The Kier molecular flexibility index (Phi) is 4.74. The maximum atomic E-state index is 12.7. The second-order valence-electron chi connectivity index (χ2n) is 6.92. The highest BCUT2D eigenvalue weighted by molar-refractivity contribution is 6.29. The number of ether oxygens (including phenoxy) is 1. The number of nitrogens with zero attached hydrogens (tertiary/aromatic N) is 3. The molecule has 1 aromatic heterocycles. The molecule has 27 heavy (non-hydrogen) atoms. The van der Waals surface area contributed by atoms with Crippen molar-refractivity contribution in [3.05, 3.63) is 63.5 Å². The summed E-state index contributed by atoms with van der Waals surface area (Å²) in [6.07, 6.45) is 6.60. The smallest absolute Gasteiger partial charge is 0.267 e. The molecule has 0 bridgehead atoms. The van der Waals surface area contributed by atoms with E-state index in [2.05, 4.69) is 17.3 Å². The first-order chi connectivity index (χ1) is 13.0. The topological polar surface area (TPSA) is 64.4 Å². The molecular formula is C20H20ClN3O3. The molecule has 3 heterocycles. The maximum absolute atomic E-state index is 12.7. The Morgan fingerprint density at radius 2 is 2.04 bits per heavy atom. The van der Waals surface area contributed by atoms with Gasteiger partial charge in [0.2, 0.25) is 5.91 Å². The van der Waals surface area contributed by atoms with Crippen molar-refractivity contribution in [3.8, 4) is 5.75 Å². The van der Waals surface area contributed by atoms with Crippen LogP contribution in [0.15, 0.2) is 47.3 Å². The van der Waals surface area contributed by atoms with Crippen LogP contribution in [-0.2, 0) is 11.3 Å². The number of likely N-dealkylation sites (tertiary alicyclic amines) is 1. The van der Waals surface area contributed by atoms with Gasteiger partial charge in [0.25, 0.3) is 5.56 Å². The monoisotopic (exact) mass is 385 g/mol. The first-order valence-electron chi connectivity index (χ1n) is 9.03. The van der Waals surface area contributed by atoms with E-state index in [0.29, 0.717) is 19.5 Å². The highest BCUT2D eigenvalue weighted by Gasteiger charge is 2.35. The molecule has 0 N–H and O–H groups in total. The largest absolute Gasteiger partial charge is 0.483 e. The summed E-state index contributed by atoms with van der Waals surface area (Å²) in [6.45, 7) is 1.10. The highest BCUT2D eigenvalue weighted by Crippen LogP contribution is 2.36. The van der Waals surface area contributed by atoms with Crippen molar-refractivity contribution in [2.75, 3.05) is 13.1 Å². The summed E-state index contributed by atoms with van der Waals surface area (Å²) in [5.41, 5.74) is 0.357. The predicted octanol–water partition coefficient (Wildman–Crippen LogP) is 2.75. The van der Waals surface area contributed by atoms with Gasteiger partial charge < -0.3 is 9.64 Å². The minimum absolute atomic E-state index is 0.105. The van der Waals surface area contributed by atoms with Crippen LogP contribution in [0.25, 0.3) is 6.08 Å². The number of carbonyl (C=O) groups is 1. The molecule has 2 aliphatic heterocycles. The average molecular weight is 386 g/mol. The standard InChI is InChI=1S/C20H20ClN3O3/c21-17-6-7-18(25)24(22-17)14-19(26)23-12-3-9-20(11-13-23)10-8-15-4-1-2-5-16(15)27-20/h1-2,4-8,10H,3,9,11-14H2. The van der Waals surface area contributed by atoms with E-state index in [1.807, 2.05) is 24.3 Å². The Morgan fingerprint density at radius 3 is 2.93 bits per heavy atom. The number of hydrogen-bond donors (Lipinski definition) is 0. The molecule has 1 spiro atoms. The van der Waals surface area contributed by atoms with E-state index < -0.39 is 0 Å². The van der Waals surface area contributed by atoms with Crippen molar-refractivity contribution in [1.82, 2.24) is 14.7 Å². The molecule has 4 rings (SSSR count). The molecule has 1 fully saturated rings. The predicted molar refractivity (Wildman–Crippen MR) is 103 cm³/mol. The number of para-hydroxylation sites is 1. The van der Waals surface area contributed by atoms with Gasteiger partial charge in [0, 0.05) is 31.1 Å². The zero-order chi connectivity index (χ0) is 18.9. The van der Waals surface area contributed by atoms with Gasteiger partial charge in [-0.05, 0) is 31.1 Å². The van der Waals surface area contributed by atoms with Crippen LogP contribution in [0.5, 0.6) is 5.75 Å². The van der Waals surface area contributed by atoms with E-state index in [1.54, 1.807) is 4.90 Å².